The summed E-state index contributed by atoms with van der Waals surface area (Å²) < 4.78 is 10.5. The number of aliphatic hydroxyl groups is 4. The Morgan fingerprint density at radius 1 is 1.28 bits per heavy atom. The van der Waals surface area contributed by atoms with E-state index in [0.717, 1.165) is 0 Å². The quantitative estimate of drug-likeness (QED) is 0.485. The molecule has 0 saturated carbocycles. The smallest absolute Gasteiger partial charge is 0.188 e. The standard InChI is InChI=1S/C11H19NO6/c1-3-11(2,5-12)18-10-9(16)8(15)7(14)6(4-13)17-10/h6-10,13-16H,3-4H2,1-2H3/t6-,7+,8+,9-,10+,11?/m1/s1. The highest BCUT2D eigenvalue weighted by molar-refractivity contribution is 4.99. The number of hydrogen-bond donors (Lipinski definition) is 4. The minimum atomic E-state index is -1.50. The topological polar surface area (TPSA) is 123 Å². The van der Waals surface area contributed by atoms with Crippen LogP contribution in [0.15, 0.2) is 0 Å². The van der Waals surface area contributed by atoms with Gasteiger partial charge in [-0.3, -0.25) is 0 Å². The first-order chi connectivity index (χ1) is 8.38. The van der Waals surface area contributed by atoms with Gasteiger partial charge in [0, 0.05) is 0 Å². The molecule has 0 spiro atoms. The molecule has 0 aromatic rings. The highest BCUT2D eigenvalue weighted by atomic mass is 16.7. The maximum Gasteiger partial charge on any atom is 0.188 e. The maximum absolute atomic E-state index is 9.72. The third kappa shape index (κ3) is 2.98. The van der Waals surface area contributed by atoms with E-state index in [0.29, 0.717) is 6.42 Å². The van der Waals surface area contributed by atoms with Crippen molar-refractivity contribution in [2.45, 2.75) is 56.6 Å². The second-order valence-electron chi connectivity index (χ2n) is 4.51. The van der Waals surface area contributed by atoms with Gasteiger partial charge in [0.1, 0.15) is 24.4 Å². The van der Waals surface area contributed by atoms with Crippen LogP contribution in [0.1, 0.15) is 20.3 Å². The lowest BCUT2D eigenvalue weighted by Gasteiger charge is -2.41. The average molecular weight is 261 g/mol. The second kappa shape index (κ2) is 5.93. The van der Waals surface area contributed by atoms with Gasteiger partial charge < -0.3 is 29.9 Å². The molecule has 0 radical (unpaired) electrons. The van der Waals surface area contributed by atoms with Gasteiger partial charge in [0.15, 0.2) is 11.9 Å². The lowest BCUT2D eigenvalue weighted by molar-refractivity contribution is -0.318. The van der Waals surface area contributed by atoms with Crippen LogP contribution >= 0.6 is 0 Å². The number of hydrogen-bond acceptors (Lipinski definition) is 7. The molecule has 1 fully saturated rings. The lowest BCUT2D eigenvalue weighted by Crippen LogP contribution is -2.60. The van der Waals surface area contributed by atoms with Crippen LogP contribution in [-0.4, -0.2) is 63.3 Å². The van der Waals surface area contributed by atoms with Gasteiger partial charge in [-0.25, -0.2) is 0 Å². The van der Waals surface area contributed by atoms with Crippen LogP contribution in [0, 0.1) is 11.3 Å². The van der Waals surface area contributed by atoms with Gasteiger partial charge in [0.05, 0.1) is 12.7 Å². The van der Waals surface area contributed by atoms with Crippen molar-refractivity contribution < 1.29 is 29.9 Å². The molecule has 0 aliphatic carbocycles. The molecule has 7 heteroatoms. The molecule has 0 aromatic carbocycles. The number of nitriles is 1. The van der Waals surface area contributed by atoms with E-state index in [9.17, 15) is 15.3 Å². The predicted molar refractivity (Wildman–Crippen MR) is 59.2 cm³/mol. The van der Waals surface area contributed by atoms with Crippen LogP contribution in [-0.2, 0) is 9.47 Å². The van der Waals surface area contributed by atoms with E-state index in [2.05, 4.69) is 0 Å². The van der Waals surface area contributed by atoms with E-state index < -0.39 is 42.9 Å². The Bertz CT molecular complexity index is 317. The summed E-state index contributed by atoms with van der Waals surface area (Å²) >= 11 is 0. The molecule has 7 nitrogen and oxygen atoms in total. The summed E-state index contributed by atoms with van der Waals surface area (Å²) in [5.41, 5.74) is -1.17. The van der Waals surface area contributed by atoms with Crippen molar-refractivity contribution in [1.82, 2.24) is 0 Å². The van der Waals surface area contributed by atoms with Gasteiger partial charge in [-0.05, 0) is 13.3 Å². The number of ether oxygens (including phenoxy) is 2. The fourth-order valence-corrected chi connectivity index (χ4v) is 1.61. The number of aliphatic hydroxyl groups excluding tert-OH is 4. The van der Waals surface area contributed by atoms with Crippen LogP contribution in [0.25, 0.3) is 0 Å². The van der Waals surface area contributed by atoms with Crippen LogP contribution in [0.5, 0.6) is 0 Å². The monoisotopic (exact) mass is 261 g/mol. The average Bonchev–Trinajstić information content (AvgIpc) is 2.39. The molecule has 0 amide bonds. The lowest BCUT2D eigenvalue weighted by atomic mass is 9.98. The van der Waals surface area contributed by atoms with E-state index in [-0.39, 0.29) is 0 Å². The summed E-state index contributed by atoms with van der Waals surface area (Å²) in [6, 6.07) is 1.93. The molecule has 18 heavy (non-hydrogen) atoms. The molecule has 1 heterocycles. The van der Waals surface area contributed by atoms with E-state index in [1.807, 2.05) is 6.07 Å². The first-order valence-corrected chi connectivity index (χ1v) is 5.78. The van der Waals surface area contributed by atoms with Crippen LogP contribution in [0.3, 0.4) is 0 Å². The Labute approximate surface area is 105 Å². The zero-order valence-corrected chi connectivity index (χ0v) is 10.4. The fourth-order valence-electron chi connectivity index (χ4n) is 1.61. The van der Waals surface area contributed by atoms with Gasteiger partial charge >= 0.3 is 0 Å². The molecule has 1 aliphatic heterocycles. The summed E-state index contributed by atoms with van der Waals surface area (Å²) in [7, 11) is 0. The van der Waals surface area contributed by atoms with Crippen molar-refractivity contribution in [2.75, 3.05) is 6.61 Å². The molecule has 1 saturated heterocycles. The molecule has 104 valence electrons. The fraction of sp³-hybridized carbons (Fsp3) is 0.909. The molecule has 6 atom stereocenters. The largest absolute Gasteiger partial charge is 0.394 e. The first kappa shape index (κ1) is 15.3. The number of nitrogens with zero attached hydrogens (tertiary/aromatic N) is 1. The highest BCUT2D eigenvalue weighted by Gasteiger charge is 2.46. The molecule has 1 aliphatic rings. The molecule has 0 bridgehead atoms. The van der Waals surface area contributed by atoms with Crippen LogP contribution in [0.2, 0.25) is 0 Å². The third-order valence-electron chi connectivity index (χ3n) is 3.14. The van der Waals surface area contributed by atoms with E-state index in [1.54, 1.807) is 6.92 Å². The predicted octanol–water partition coefficient (Wildman–Crippen LogP) is -1.50. The SMILES string of the molecule is CCC(C)(C#N)O[C@@H]1O[C@H](CO)[C@H](O)[C@H](O)[C@H]1O. The third-order valence-corrected chi connectivity index (χ3v) is 3.14. The zero-order chi connectivity index (χ0) is 13.9. The first-order valence-electron chi connectivity index (χ1n) is 5.78. The van der Waals surface area contributed by atoms with Crippen molar-refractivity contribution >= 4 is 0 Å². The van der Waals surface area contributed by atoms with Crippen molar-refractivity contribution in [3.05, 3.63) is 0 Å². The highest BCUT2D eigenvalue weighted by Crippen LogP contribution is 2.26. The van der Waals surface area contributed by atoms with Gasteiger partial charge in [-0.1, -0.05) is 6.92 Å². The van der Waals surface area contributed by atoms with Gasteiger partial charge in [0.2, 0.25) is 0 Å². The minimum absolute atomic E-state index is 0.360. The Balaban J connectivity index is 2.80. The van der Waals surface area contributed by atoms with E-state index in [4.69, 9.17) is 19.8 Å². The Morgan fingerprint density at radius 3 is 2.33 bits per heavy atom. The summed E-state index contributed by atoms with van der Waals surface area (Å²) in [5.74, 6) is 0. The zero-order valence-electron chi connectivity index (χ0n) is 10.4. The summed E-state index contributed by atoms with van der Waals surface area (Å²) in [6.07, 6.45) is -6.36. The van der Waals surface area contributed by atoms with Crippen molar-refractivity contribution in [3.63, 3.8) is 0 Å². The molecular formula is C11H19NO6. The minimum Gasteiger partial charge on any atom is -0.394 e. The van der Waals surface area contributed by atoms with Crippen molar-refractivity contribution in [2.24, 2.45) is 0 Å². The summed E-state index contributed by atoms with van der Waals surface area (Å²) in [5, 5.41) is 46.8. The van der Waals surface area contributed by atoms with E-state index in [1.165, 1.54) is 6.92 Å². The number of rotatable bonds is 4. The van der Waals surface area contributed by atoms with Gasteiger partial charge in [-0.2, -0.15) is 5.26 Å². The van der Waals surface area contributed by atoms with Crippen LogP contribution in [0.4, 0.5) is 0 Å². The summed E-state index contributed by atoms with van der Waals surface area (Å²) in [4.78, 5) is 0. The summed E-state index contributed by atoms with van der Waals surface area (Å²) in [6.45, 7) is 2.72. The molecule has 4 N–H and O–H groups in total. The molecule has 1 unspecified atom stereocenters. The Hall–Kier alpha value is -0.750. The maximum atomic E-state index is 9.72. The van der Waals surface area contributed by atoms with Crippen molar-refractivity contribution in [3.8, 4) is 6.07 Å². The normalized spacial score (nSPS) is 39.9. The molecule has 0 aromatic heterocycles. The van der Waals surface area contributed by atoms with Crippen molar-refractivity contribution in [1.29, 1.82) is 5.26 Å². The van der Waals surface area contributed by atoms with Crippen LogP contribution < -0.4 is 0 Å². The van der Waals surface area contributed by atoms with Gasteiger partial charge in [-0.15, -0.1) is 0 Å². The molecular weight excluding hydrogens is 242 g/mol. The Morgan fingerprint density at radius 2 is 1.89 bits per heavy atom. The second-order valence-corrected chi connectivity index (χ2v) is 4.51. The van der Waals surface area contributed by atoms with Gasteiger partial charge in [0.25, 0.3) is 0 Å². The van der Waals surface area contributed by atoms with E-state index >= 15 is 0 Å². The Kier molecular flexibility index (Phi) is 5.04. The molecule has 1 rings (SSSR count).